The highest BCUT2D eigenvalue weighted by Crippen LogP contribution is 2.42. The predicted octanol–water partition coefficient (Wildman–Crippen LogP) is 6.56. The molecule has 1 aliphatic heterocycles. The number of amides is 1. The van der Waals surface area contributed by atoms with Crippen molar-refractivity contribution in [1.82, 2.24) is 0 Å². The molecule has 1 unspecified atom stereocenters. The number of carbonyl (C=O) groups is 1. The van der Waals surface area contributed by atoms with Crippen LogP contribution in [0.25, 0.3) is 0 Å². The van der Waals surface area contributed by atoms with E-state index in [0.717, 1.165) is 11.3 Å². The minimum atomic E-state index is -0.0174. The molecule has 1 heterocycles. The van der Waals surface area contributed by atoms with Crippen LogP contribution in [0.15, 0.2) is 72.8 Å². The summed E-state index contributed by atoms with van der Waals surface area (Å²) in [5, 5.41) is 0.984. The number of anilines is 1. The Morgan fingerprint density at radius 1 is 0.963 bits per heavy atom. The van der Waals surface area contributed by atoms with Gasteiger partial charge in [-0.3, -0.25) is 9.69 Å². The van der Waals surface area contributed by atoms with Crippen molar-refractivity contribution in [3.05, 3.63) is 88.4 Å². The van der Waals surface area contributed by atoms with E-state index >= 15 is 0 Å². The summed E-state index contributed by atoms with van der Waals surface area (Å²) in [5.41, 5.74) is 1.95. The standard InChI is InChI=1S/C21H15Cl2NO2S/c22-15-6-11-19(18(23)12-15)26-17-9-7-16(8-10-17)24-20(25)13-27-21(24)14-4-2-1-3-5-14/h1-12,21H,13H2. The van der Waals surface area contributed by atoms with Crippen molar-refractivity contribution < 1.29 is 9.53 Å². The molecule has 1 aliphatic rings. The third-order valence-corrected chi connectivity index (χ3v) is 5.93. The smallest absolute Gasteiger partial charge is 0.238 e. The summed E-state index contributed by atoms with van der Waals surface area (Å²) in [6.45, 7) is 0. The number of benzene rings is 3. The number of rotatable bonds is 4. The highest BCUT2D eigenvalue weighted by molar-refractivity contribution is 8.00. The number of carbonyl (C=O) groups excluding carboxylic acids is 1. The van der Waals surface area contributed by atoms with Crippen LogP contribution >= 0.6 is 35.0 Å². The molecule has 1 atom stereocenters. The van der Waals surface area contributed by atoms with Crippen LogP contribution < -0.4 is 9.64 Å². The molecule has 6 heteroatoms. The fourth-order valence-electron chi connectivity index (χ4n) is 2.93. The Morgan fingerprint density at radius 2 is 1.70 bits per heavy atom. The Balaban J connectivity index is 1.56. The van der Waals surface area contributed by atoms with Crippen molar-refractivity contribution in [2.45, 2.75) is 5.37 Å². The van der Waals surface area contributed by atoms with E-state index in [9.17, 15) is 4.79 Å². The molecule has 3 aromatic carbocycles. The van der Waals surface area contributed by atoms with E-state index in [1.54, 1.807) is 30.0 Å². The van der Waals surface area contributed by atoms with Crippen molar-refractivity contribution in [3.8, 4) is 11.5 Å². The van der Waals surface area contributed by atoms with Crippen LogP contribution in [0.1, 0.15) is 10.9 Å². The summed E-state index contributed by atoms with van der Waals surface area (Å²) in [4.78, 5) is 14.3. The van der Waals surface area contributed by atoms with Gasteiger partial charge in [-0.05, 0) is 48.0 Å². The Labute approximate surface area is 171 Å². The molecule has 0 radical (unpaired) electrons. The van der Waals surface area contributed by atoms with Crippen molar-refractivity contribution in [3.63, 3.8) is 0 Å². The average molecular weight is 416 g/mol. The monoisotopic (exact) mass is 415 g/mol. The first-order valence-electron chi connectivity index (χ1n) is 8.33. The van der Waals surface area contributed by atoms with Crippen molar-refractivity contribution in [2.75, 3.05) is 10.7 Å². The van der Waals surface area contributed by atoms with Crippen LogP contribution in [0, 0.1) is 0 Å². The van der Waals surface area contributed by atoms with E-state index in [4.69, 9.17) is 27.9 Å². The van der Waals surface area contributed by atoms with Crippen LogP contribution in [0.2, 0.25) is 10.0 Å². The topological polar surface area (TPSA) is 29.5 Å². The molecule has 136 valence electrons. The zero-order valence-corrected chi connectivity index (χ0v) is 16.5. The largest absolute Gasteiger partial charge is 0.456 e. The van der Waals surface area contributed by atoms with Crippen LogP contribution in [0.4, 0.5) is 5.69 Å². The van der Waals surface area contributed by atoms with Gasteiger partial charge in [-0.1, -0.05) is 53.5 Å². The van der Waals surface area contributed by atoms with Gasteiger partial charge < -0.3 is 4.74 Å². The van der Waals surface area contributed by atoms with E-state index in [-0.39, 0.29) is 11.3 Å². The number of hydrogen-bond acceptors (Lipinski definition) is 3. The molecule has 1 amide bonds. The second kappa shape index (κ2) is 7.85. The van der Waals surface area contributed by atoms with Crippen LogP contribution in [-0.4, -0.2) is 11.7 Å². The molecule has 1 fully saturated rings. The Morgan fingerprint density at radius 3 is 2.41 bits per heavy atom. The number of thioether (sulfide) groups is 1. The van der Waals surface area contributed by atoms with Gasteiger partial charge in [-0.2, -0.15) is 0 Å². The molecule has 0 aromatic heterocycles. The van der Waals surface area contributed by atoms with Crippen molar-refractivity contribution in [1.29, 1.82) is 0 Å². The van der Waals surface area contributed by atoms with Crippen LogP contribution in [0.3, 0.4) is 0 Å². The Hall–Kier alpha value is -2.14. The molecular weight excluding hydrogens is 401 g/mol. The summed E-state index contributed by atoms with van der Waals surface area (Å²) >= 11 is 13.7. The lowest BCUT2D eigenvalue weighted by Crippen LogP contribution is -2.27. The molecule has 0 N–H and O–H groups in total. The number of halogens is 2. The highest BCUT2D eigenvalue weighted by Gasteiger charge is 2.33. The van der Waals surface area contributed by atoms with Gasteiger partial charge in [0.25, 0.3) is 0 Å². The number of ether oxygens (including phenoxy) is 1. The summed E-state index contributed by atoms with van der Waals surface area (Å²) in [7, 11) is 0. The predicted molar refractivity (Wildman–Crippen MR) is 112 cm³/mol. The Kier molecular flexibility index (Phi) is 5.30. The molecule has 27 heavy (non-hydrogen) atoms. The van der Waals surface area contributed by atoms with E-state index in [1.165, 1.54) is 0 Å². The SMILES string of the molecule is O=C1CSC(c2ccccc2)N1c1ccc(Oc2ccc(Cl)cc2Cl)cc1. The third-order valence-electron chi connectivity index (χ3n) is 4.19. The number of nitrogens with zero attached hydrogens (tertiary/aromatic N) is 1. The van der Waals surface area contributed by atoms with Gasteiger partial charge in [-0.15, -0.1) is 11.8 Å². The van der Waals surface area contributed by atoms with Gasteiger partial charge >= 0.3 is 0 Å². The lowest BCUT2D eigenvalue weighted by Gasteiger charge is -2.24. The van der Waals surface area contributed by atoms with Gasteiger partial charge in [0.15, 0.2) is 0 Å². The average Bonchev–Trinajstić information content (AvgIpc) is 3.07. The summed E-state index contributed by atoms with van der Waals surface area (Å²) in [6.07, 6.45) is 0. The maximum Gasteiger partial charge on any atom is 0.238 e. The molecule has 3 nitrogen and oxygen atoms in total. The fourth-order valence-corrected chi connectivity index (χ4v) is 4.55. The summed E-state index contributed by atoms with van der Waals surface area (Å²) < 4.78 is 5.82. The second-order valence-corrected chi connectivity index (χ2v) is 7.92. The minimum Gasteiger partial charge on any atom is -0.456 e. The molecular formula is C21H15Cl2NO2S. The highest BCUT2D eigenvalue weighted by atomic mass is 35.5. The van der Waals surface area contributed by atoms with E-state index < -0.39 is 0 Å². The van der Waals surface area contributed by atoms with Gasteiger partial charge in [0.05, 0.1) is 10.8 Å². The molecule has 1 saturated heterocycles. The summed E-state index contributed by atoms with van der Waals surface area (Å²) in [6, 6.07) is 22.6. The van der Waals surface area contributed by atoms with Crippen LogP contribution in [0.5, 0.6) is 11.5 Å². The summed E-state index contributed by atoms with van der Waals surface area (Å²) in [5.74, 6) is 1.74. The number of hydrogen-bond donors (Lipinski definition) is 0. The molecule has 3 aromatic rings. The molecule has 0 saturated carbocycles. The first-order chi connectivity index (χ1) is 13.1. The minimum absolute atomic E-state index is 0.0174. The molecule has 0 spiro atoms. The third kappa shape index (κ3) is 3.93. The van der Waals surface area contributed by atoms with Gasteiger partial charge in [0.2, 0.25) is 5.91 Å². The lowest BCUT2D eigenvalue weighted by atomic mass is 10.2. The van der Waals surface area contributed by atoms with E-state index in [0.29, 0.717) is 27.3 Å². The lowest BCUT2D eigenvalue weighted by molar-refractivity contribution is -0.115. The maximum atomic E-state index is 12.5. The maximum absolute atomic E-state index is 12.5. The normalized spacial score (nSPS) is 16.6. The van der Waals surface area contributed by atoms with Gasteiger partial charge in [0.1, 0.15) is 16.9 Å². The molecule has 0 bridgehead atoms. The van der Waals surface area contributed by atoms with Gasteiger partial charge in [0, 0.05) is 10.7 Å². The van der Waals surface area contributed by atoms with E-state index in [1.807, 2.05) is 59.5 Å². The zero-order chi connectivity index (χ0) is 18.8. The molecule has 4 rings (SSSR count). The zero-order valence-electron chi connectivity index (χ0n) is 14.1. The Bertz CT molecular complexity index is 964. The second-order valence-electron chi connectivity index (χ2n) is 6.01. The van der Waals surface area contributed by atoms with Gasteiger partial charge in [-0.25, -0.2) is 0 Å². The quantitative estimate of drug-likeness (QED) is 0.482. The van der Waals surface area contributed by atoms with Crippen LogP contribution in [-0.2, 0) is 4.79 Å². The fraction of sp³-hybridized carbons (Fsp3) is 0.0952. The van der Waals surface area contributed by atoms with Crippen molar-refractivity contribution in [2.24, 2.45) is 0 Å². The van der Waals surface area contributed by atoms with E-state index in [2.05, 4.69) is 0 Å². The van der Waals surface area contributed by atoms with Crippen molar-refractivity contribution >= 4 is 46.6 Å². The molecule has 0 aliphatic carbocycles. The first-order valence-corrected chi connectivity index (χ1v) is 10.1. The first kappa shape index (κ1) is 18.2.